The predicted molar refractivity (Wildman–Crippen MR) is 101 cm³/mol. The first-order chi connectivity index (χ1) is 13.6. The summed E-state index contributed by atoms with van der Waals surface area (Å²) in [5.41, 5.74) is -0.433. The fourth-order valence-corrected chi connectivity index (χ4v) is 4.36. The molecule has 1 fully saturated rings. The van der Waals surface area contributed by atoms with Crippen molar-refractivity contribution in [3.05, 3.63) is 29.8 Å². The van der Waals surface area contributed by atoms with Crippen molar-refractivity contribution < 1.29 is 37.6 Å². The van der Waals surface area contributed by atoms with E-state index in [-0.39, 0.29) is 0 Å². The number of aliphatic imine (C=N–C) groups is 1. The van der Waals surface area contributed by atoms with Crippen LogP contribution < -0.4 is 4.74 Å². The summed E-state index contributed by atoms with van der Waals surface area (Å²) >= 11 is 1.10. The molecule has 29 heavy (non-hydrogen) atoms. The highest BCUT2D eigenvalue weighted by Gasteiger charge is 2.57. The summed E-state index contributed by atoms with van der Waals surface area (Å²) in [7, 11) is 4.85. The molecule has 7 nitrogen and oxygen atoms in total. The van der Waals surface area contributed by atoms with Crippen molar-refractivity contribution in [2.24, 2.45) is 4.99 Å². The summed E-state index contributed by atoms with van der Waals surface area (Å²) in [5, 5.41) is 21.3. The van der Waals surface area contributed by atoms with Crippen LogP contribution in [0.4, 0.5) is 13.2 Å². The first-order valence-corrected chi connectivity index (χ1v) is 9.75. The van der Waals surface area contributed by atoms with Gasteiger partial charge in [0.05, 0.1) is 13.7 Å². The molecule has 3 rings (SSSR count). The maximum atomic E-state index is 13.8. The highest BCUT2D eigenvalue weighted by Crippen LogP contribution is 2.41. The third-order valence-electron chi connectivity index (χ3n) is 4.70. The molecule has 11 heteroatoms. The van der Waals surface area contributed by atoms with Gasteiger partial charge in [0.1, 0.15) is 35.5 Å². The van der Waals surface area contributed by atoms with E-state index < -0.39 is 48.7 Å². The van der Waals surface area contributed by atoms with Gasteiger partial charge in [-0.05, 0) is 6.07 Å². The van der Waals surface area contributed by atoms with E-state index in [0.717, 1.165) is 11.8 Å². The Morgan fingerprint density at radius 2 is 1.93 bits per heavy atom. The molecule has 0 aliphatic carbocycles. The Hall–Kier alpha value is -1.53. The maximum absolute atomic E-state index is 13.8. The Morgan fingerprint density at radius 1 is 1.24 bits per heavy atom. The fraction of sp³-hybridized carbons (Fsp3) is 0.611. The Labute approximate surface area is 170 Å². The minimum Gasteiger partial charge on any atom is -0.496 e. The lowest BCUT2D eigenvalue weighted by molar-refractivity contribution is -0.287. The van der Waals surface area contributed by atoms with Crippen LogP contribution in [0.3, 0.4) is 0 Å². The lowest BCUT2D eigenvalue weighted by Gasteiger charge is -2.41. The van der Waals surface area contributed by atoms with Crippen LogP contribution in [-0.4, -0.2) is 83.6 Å². The van der Waals surface area contributed by atoms with Crippen molar-refractivity contribution in [2.75, 3.05) is 21.2 Å². The van der Waals surface area contributed by atoms with Crippen molar-refractivity contribution in [3.8, 4) is 5.75 Å². The summed E-state index contributed by atoms with van der Waals surface area (Å²) in [5.74, 6) is 0.383. The molecule has 0 radical (unpaired) electrons. The number of methoxy groups -OCH3 is 1. The van der Waals surface area contributed by atoms with Gasteiger partial charge in [-0.25, -0.2) is 0 Å². The molecule has 2 N–H and O–H groups in total. The summed E-state index contributed by atoms with van der Waals surface area (Å²) in [6.07, 6.45) is -12.4. The Kier molecular flexibility index (Phi) is 6.64. The molecular formula is C18H23F3N2O5S. The number of alkyl halides is 3. The van der Waals surface area contributed by atoms with E-state index in [2.05, 4.69) is 4.99 Å². The molecule has 6 atom stereocenters. The maximum Gasteiger partial charge on any atom is 0.417 e. The lowest BCUT2D eigenvalue weighted by atomic mass is 9.94. The van der Waals surface area contributed by atoms with Crippen LogP contribution in [0, 0.1) is 0 Å². The molecule has 0 saturated carbocycles. The molecule has 2 aliphatic rings. The topological polar surface area (TPSA) is 83.8 Å². The van der Waals surface area contributed by atoms with Gasteiger partial charge in [0.15, 0.2) is 11.3 Å². The summed E-state index contributed by atoms with van der Waals surface area (Å²) < 4.78 is 57.1. The van der Waals surface area contributed by atoms with E-state index in [9.17, 15) is 23.4 Å². The monoisotopic (exact) mass is 436 g/mol. The molecule has 0 spiro atoms. The van der Waals surface area contributed by atoms with Crippen molar-refractivity contribution in [2.45, 2.75) is 48.7 Å². The summed E-state index contributed by atoms with van der Waals surface area (Å²) in [6.45, 7) is -0.405. The van der Waals surface area contributed by atoms with Crippen LogP contribution in [0.25, 0.3) is 0 Å². The van der Waals surface area contributed by atoms with E-state index in [0.29, 0.717) is 16.5 Å². The smallest absolute Gasteiger partial charge is 0.417 e. The number of amidine groups is 1. The number of halogens is 3. The highest BCUT2D eigenvalue weighted by molar-refractivity contribution is 8.14. The standard InChI is InChI=1S/C18H23F3N2O5S/c1-23(2)17-22-11-12(24)13(25)14(28-16(11)29-17)15(18(19,20)21)27-8-9-6-4-5-7-10(9)26-3/h4-7,11-16,24-25H,8H2,1-3H3/t11-,12-,13+,14?,15+,16-/m1/s1. The number of benzene rings is 1. The van der Waals surface area contributed by atoms with Crippen molar-refractivity contribution in [1.29, 1.82) is 0 Å². The third-order valence-corrected chi connectivity index (χ3v) is 6.01. The van der Waals surface area contributed by atoms with Crippen LogP contribution >= 0.6 is 11.8 Å². The molecule has 1 saturated heterocycles. The van der Waals surface area contributed by atoms with E-state index >= 15 is 0 Å². The molecule has 1 unspecified atom stereocenters. The molecule has 0 amide bonds. The first-order valence-electron chi connectivity index (χ1n) is 8.87. The Morgan fingerprint density at radius 3 is 2.55 bits per heavy atom. The average Bonchev–Trinajstić information content (AvgIpc) is 3.09. The SMILES string of the molecule is COc1ccccc1CO[C@@H](C1O[C@@H]2SC(N(C)C)=N[C@@H]2[C@@H](O)[C@@H]1O)C(F)(F)F. The lowest BCUT2D eigenvalue weighted by Crippen LogP contribution is -2.61. The van der Waals surface area contributed by atoms with Gasteiger partial charge in [0.25, 0.3) is 0 Å². The minimum atomic E-state index is -4.82. The second-order valence-electron chi connectivity index (χ2n) is 6.95. The number of fused-ring (bicyclic) bond motifs is 1. The number of aliphatic hydroxyl groups is 2. The van der Waals surface area contributed by atoms with Crippen molar-refractivity contribution in [1.82, 2.24) is 4.90 Å². The normalized spacial score (nSPS) is 30.5. The quantitative estimate of drug-likeness (QED) is 0.726. The zero-order valence-electron chi connectivity index (χ0n) is 16.0. The van der Waals surface area contributed by atoms with Crippen LogP contribution in [0.5, 0.6) is 5.75 Å². The molecule has 0 bridgehead atoms. The number of thioether (sulfide) groups is 1. The summed E-state index contributed by atoms with van der Waals surface area (Å²) in [6, 6.07) is 5.68. The molecular weight excluding hydrogens is 413 g/mol. The van der Waals surface area contributed by atoms with Crippen molar-refractivity contribution >= 4 is 16.9 Å². The van der Waals surface area contributed by atoms with Gasteiger partial charge >= 0.3 is 6.18 Å². The molecule has 1 aromatic rings. The van der Waals surface area contributed by atoms with Crippen LogP contribution in [0.1, 0.15) is 5.56 Å². The number of aliphatic hydroxyl groups excluding tert-OH is 2. The van der Waals surface area contributed by atoms with E-state index in [1.165, 1.54) is 7.11 Å². The van der Waals surface area contributed by atoms with E-state index in [1.807, 2.05) is 0 Å². The van der Waals surface area contributed by atoms with Gasteiger partial charge in [-0.3, -0.25) is 4.99 Å². The van der Waals surface area contributed by atoms with Gasteiger partial charge in [-0.1, -0.05) is 30.0 Å². The highest BCUT2D eigenvalue weighted by atomic mass is 32.2. The Bertz CT molecular complexity index is 748. The zero-order chi connectivity index (χ0) is 21.3. The van der Waals surface area contributed by atoms with E-state index in [1.54, 1.807) is 43.3 Å². The van der Waals surface area contributed by atoms with Gasteiger partial charge in [-0.15, -0.1) is 0 Å². The molecule has 2 aliphatic heterocycles. The average molecular weight is 436 g/mol. The van der Waals surface area contributed by atoms with Crippen molar-refractivity contribution in [3.63, 3.8) is 0 Å². The number of para-hydroxylation sites is 1. The summed E-state index contributed by atoms with van der Waals surface area (Å²) in [4.78, 5) is 5.91. The number of hydrogen-bond acceptors (Lipinski definition) is 8. The van der Waals surface area contributed by atoms with Gasteiger partial charge in [-0.2, -0.15) is 13.2 Å². The first kappa shape index (κ1) is 22.2. The van der Waals surface area contributed by atoms with Crippen LogP contribution in [0.2, 0.25) is 0 Å². The Balaban J connectivity index is 1.79. The van der Waals surface area contributed by atoms with E-state index in [4.69, 9.17) is 14.2 Å². The van der Waals surface area contributed by atoms with Gasteiger partial charge in [0.2, 0.25) is 0 Å². The second-order valence-corrected chi connectivity index (χ2v) is 8.02. The predicted octanol–water partition coefficient (Wildman–Crippen LogP) is 1.62. The van der Waals surface area contributed by atoms with Crippen LogP contribution in [0.15, 0.2) is 29.3 Å². The number of rotatable bonds is 5. The van der Waals surface area contributed by atoms with Gasteiger partial charge < -0.3 is 29.3 Å². The van der Waals surface area contributed by atoms with Crippen LogP contribution in [-0.2, 0) is 16.1 Å². The number of ether oxygens (including phenoxy) is 3. The largest absolute Gasteiger partial charge is 0.496 e. The molecule has 162 valence electrons. The number of nitrogens with zero attached hydrogens (tertiary/aromatic N) is 2. The molecule has 0 aromatic heterocycles. The van der Waals surface area contributed by atoms with Gasteiger partial charge in [0, 0.05) is 19.7 Å². The fourth-order valence-electron chi connectivity index (χ4n) is 3.22. The zero-order valence-corrected chi connectivity index (χ0v) is 16.9. The second kappa shape index (κ2) is 8.68. The number of hydrogen-bond donors (Lipinski definition) is 2. The molecule has 1 aromatic carbocycles. The minimum absolute atomic E-state index is 0.383. The molecule has 2 heterocycles. The third kappa shape index (κ3) is 4.64.